The number of rotatable bonds is 7. The molecule has 0 spiro atoms. The van der Waals surface area contributed by atoms with E-state index in [0.717, 1.165) is 12.3 Å². The highest BCUT2D eigenvalue weighted by Gasteiger charge is 2.53. The van der Waals surface area contributed by atoms with Gasteiger partial charge in [-0.1, -0.05) is 11.6 Å². The van der Waals surface area contributed by atoms with E-state index in [2.05, 4.69) is 20.2 Å². The number of nitrogens with two attached hydrogens (primary N) is 1. The average Bonchev–Trinajstić information content (AvgIpc) is 3.40. The van der Waals surface area contributed by atoms with Crippen molar-refractivity contribution in [1.29, 1.82) is 0 Å². The SMILES string of the molecule is NC(=O)c1nc(Cn2nc(-c3ccc(Cl)cc3)n(CC(O)(O)C(F)(F)F)c2=O)nn1-c1ncccc1C(F)(F)F. The molecule has 3 aromatic heterocycles. The van der Waals surface area contributed by atoms with E-state index in [4.69, 9.17) is 17.3 Å². The Hall–Kier alpha value is -4.29. The van der Waals surface area contributed by atoms with Gasteiger partial charge in [0.1, 0.15) is 12.1 Å². The van der Waals surface area contributed by atoms with Crippen LogP contribution < -0.4 is 11.4 Å². The Kier molecular flexibility index (Phi) is 7.20. The van der Waals surface area contributed by atoms with Gasteiger partial charge >= 0.3 is 18.0 Å². The number of carbonyl (C=O) groups is 1. The van der Waals surface area contributed by atoms with Gasteiger partial charge in [0, 0.05) is 16.8 Å². The molecule has 0 fully saturated rings. The molecule has 0 saturated heterocycles. The second-order valence-electron chi connectivity index (χ2n) is 8.17. The molecule has 0 atom stereocenters. The Bertz CT molecular complexity index is 1630. The molecule has 3 heterocycles. The molecule has 4 N–H and O–H groups in total. The molecule has 40 heavy (non-hydrogen) atoms. The normalized spacial score (nSPS) is 12.6. The molecule has 12 nitrogen and oxygen atoms in total. The number of pyridine rings is 1. The van der Waals surface area contributed by atoms with E-state index in [1.54, 1.807) is 0 Å². The number of hydrogen-bond acceptors (Lipinski definition) is 8. The van der Waals surface area contributed by atoms with Crippen LogP contribution in [0.25, 0.3) is 17.2 Å². The third-order valence-electron chi connectivity index (χ3n) is 5.31. The number of carbonyl (C=O) groups excluding carboxylic acids is 1. The minimum atomic E-state index is -5.57. The molecule has 1 amide bonds. The van der Waals surface area contributed by atoms with Crippen molar-refractivity contribution in [2.45, 2.75) is 31.2 Å². The molecule has 4 aromatic rings. The molecule has 4 rings (SSSR count). The average molecular weight is 593 g/mol. The van der Waals surface area contributed by atoms with Crippen LogP contribution >= 0.6 is 11.6 Å². The largest absolute Gasteiger partial charge is 0.444 e. The van der Waals surface area contributed by atoms with Crippen molar-refractivity contribution in [2.24, 2.45) is 5.73 Å². The Morgan fingerprint density at radius 2 is 1.68 bits per heavy atom. The fourth-order valence-corrected chi connectivity index (χ4v) is 3.59. The predicted octanol–water partition coefficient (Wildman–Crippen LogP) is 1.75. The standard InChI is InChI=1S/C21H15ClF6N8O4/c22-11-5-3-10(4-6-11)15-33-35(18(38)34(15)9-19(39,40)21(26,27)28)8-13-31-17(14(29)37)36(32-13)16-12(20(23,24)25)2-1-7-30-16/h1-7,39-40H,8-9H2,(H2,29,37). The van der Waals surface area contributed by atoms with Crippen LogP contribution in [-0.2, 0) is 19.3 Å². The first-order chi connectivity index (χ1) is 18.5. The van der Waals surface area contributed by atoms with Crippen LogP contribution in [0.5, 0.6) is 0 Å². The molecule has 0 aliphatic rings. The lowest BCUT2D eigenvalue weighted by Gasteiger charge is -2.24. The van der Waals surface area contributed by atoms with Crippen LogP contribution in [0.1, 0.15) is 22.0 Å². The highest BCUT2D eigenvalue weighted by Crippen LogP contribution is 2.33. The van der Waals surface area contributed by atoms with Gasteiger partial charge in [-0.05, 0) is 36.4 Å². The first kappa shape index (κ1) is 28.7. The van der Waals surface area contributed by atoms with Gasteiger partial charge in [-0.2, -0.15) is 31.0 Å². The number of aromatic nitrogens is 7. The summed E-state index contributed by atoms with van der Waals surface area (Å²) >= 11 is 5.83. The van der Waals surface area contributed by atoms with Gasteiger partial charge < -0.3 is 15.9 Å². The predicted molar refractivity (Wildman–Crippen MR) is 122 cm³/mol. The molecule has 0 unspecified atom stereocenters. The number of aliphatic hydroxyl groups is 2. The van der Waals surface area contributed by atoms with Crippen LogP contribution in [0.2, 0.25) is 5.02 Å². The number of amides is 1. The van der Waals surface area contributed by atoms with Gasteiger partial charge in [-0.3, -0.25) is 9.36 Å². The van der Waals surface area contributed by atoms with Gasteiger partial charge in [-0.15, -0.1) is 10.2 Å². The summed E-state index contributed by atoms with van der Waals surface area (Å²) in [6.07, 6.45) is -9.51. The highest BCUT2D eigenvalue weighted by molar-refractivity contribution is 6.30. The minimum Gasteiger partial charge on any atom is -0.363 e. The second kappa shape index (κ2) is 10.0. The van der Waals surface area contributed by atoms with Gasteiger partial charge in [-0.25, -0.2) is 19.4 Å². The fraction of sp³-hybridized carbons (Fsp3) is 0.238. The highest BCUT2D eigenvalue weighted by atomic mass is 35.5. The van der Waals surface area contributed by atoms with Crippen molar-refractivity contribution in [3.8, 4) is 17.2 Å². The van der Waals surface area contributed by atoms with Crippen molar-refractivity contribution in [3.05, 3.63) is 75.3 Å². The molecule has 0 aliphatic carbocycles. The second-order valence-corrected chi connectivity index (χ2v) is 8.61. The summed E-state index contributed by atoms with van der Waals surface area (Å²) in [6.45, 7) is -2.49. The smallest absolute Gasteiger partial charge is 0.363 e. The molecule has 212 valence electrons. The lowest BCUT2D eigenvalue weighted by atomic mass is 10.2. The zero-order valence-electron chi connectivity index (χ0n) is 19.5. The van der Waals surface area contributed by atoms with E-state index in [0.29, 0.717) is 20.0 Å². The molecular formula is C21H15ClF6N8O4. The maximum atomic E-state index is 13.5. The number of primary amides is 1. The molecular weight excluding hydrogens is 578 g/mol. The van der Waals surface area contributed by atoms with Crippen LogP contribution in [0.3, 0.4) is 0 Å². The Labute approximate surface area is 222 Å². The van der Waals surface area contributed by atoms with E-state index < -0.39 is 71.7 Å². The first-order valence-corrected chi connectivity index (χ1v) is 11.1. The Morgan fingerprint density at radius 1 is 1.02 bits per heavy atom. The summed E-state index contributed by atoms with van der Waals surface area (Å²) in [6, 6.07) is 6.87. The monoisotopic (exact) mass is 592 g/mol. The lowest BCUT2D eigenvalue weighted by molar-refractivity contribution is -0.353. The van der Waals surface area contributed by atoms with Gasteiger partial charge in [0.05, 0.1) is 6.54 Å². The van der Waals surface area contributed by atoms with Gasteiger partial charge in [0.2, 0.25) is 5.82 Å². The summed E-state index contributed by atoms with van der Waals surface area (Å²) in [5.74, 6) is -8.29. The van der Waals surface area contributed by atoms with Gasteiger partial charge in [0.25, 0.3) is 11.7 Å². The Balaban J connectivity index is 1.83. The third kappa shape index (κ3) is 5.54. The molecule has 0 saturated carbocycles. The Morgan fingerprint density at radius 3 is 2.25 bits per heavy atom. The zero-order chi connectivity index (χ0) is 29.6. The van der Waals surface area contributed by atoms with Crippen LogP contribution in [0, 0.1) is 0 Å². The van der Waals surface area contributed by atoms with E-state index in [1.165, 1.54) is 24.3 Å². The van der Waals surface area contributed by atoms with E-state index in [-0.39, 0.29) is 10.6 Å². The summed E-state index contributed by atoms with van der Waals surface area (Å²) < 4.78 is 81.3. The summed E-state index contributed by atoms with van der Waals surface area (Å²) in [5.41, 5.74) is 2.67. The maximum absolute atomic E-state index is 13.5. The van der Waals surface area contributed by atoms with Crippen molar-refractivity contribution < 1.29 is 41.4 Å². The van der Waals surface area contributed by atoms with Gasteiger partial charge in [0.15, 0.2) is 17.5 Å². The van der Waals surface area contributed by atoms with E-state index in [1.807, 2.05) is 0 Å². The quantitative estimate of drug-likeness (QED) is 0.216. The topological polar surface area (TPSA) is 167 Å². The van der Waals surface area contributed by atoms with Crippen LogP contribution in [-0.4, -0.2) is 62.2 Å². The fourth-order valence-electron chi connectivity index (χ4n) is 3.46. The molecule has 1 aromatic carbocycles. The van der Waals surface area contributed by atoms with Crippen molar-refractivity contribution >= 4 is 17.5 Å². The van der Waals surface area contributed by atoms with Crippen molar-refractivity contribution in [2.75, 3.05) is 0 Å². The number of halogens is 7. The maximum Gasteiger partial charge on any atom is 0.444 e. The number of nitrogens with zero attached hydrogens (tertiary/aromatic N) is 7. The molecule has 0 aliphatic heterocycles. The van der Waals surface area contributed by atoms with Crippen molar-refractivity contribution in [1.82, 2.24) is 34.1 Å². The van der Waals surface area contributed by atoms with Crippen LogP contribution in [0.4, 0.5) is 26.3 Å². The molecule has 19 heteroatoms. The summed E-state index contributed by atoms with van der Waals surface area (Å²) in [5, 5.41) is 27.1. The number of hydrogen-bond donors (Lipinski definition) is 3. The van der Waals surface area contributed by atoms with Crippen molar-refractivity contribution in [3.63, 3.8) is 0 Å². The third-order valence-corrected chi connectivity index (χ3v) is 5.57. The minimum absolute atomic E-state index is 0.0397. The lowest BCUT2D eigenvalue weighted by Crippen LogP contribution is -2.50. The summed E-state index contributed by atoms with van der Waals surface area (Å²) in [7, 11) is 0. The number of benzene rings is 1. The number of alkyl halides is 6. The van der Waals surface area contributed by atoms with E-state index in [9.17, 15) is 46.1 Å². The summed E-state index contributed by atoms with van der Waals surface area (Å²) in [4.78, 5) is 32.3. The molecule has 0 radical (unpaired) electrons. The first-order valence-electron chi connectivity index (χ1n) is 10.7. The zero-order valence-corrected chi connectivity index (χ0v) is 20.3. The van der Waals surface area contributed by atoms with E-state index >= 15 is 0 Å². The molecule has 0 bridgehead atoms. The van der Waals surface area contributed by atoms with Crippen LogP contribution in [0.15, 0.2) is 47.4 Å².